The predicted molar refractivity (Wildman–Crippen MR) is 57.4 cm³/mol. The number of hydrogen-bond donors (Lipinski definition) is 1. The molecule has 1 N–H and O–H groups in total. The number of thioether (sulfide) groups is 1. The van der Waals surface area contributed by atoms with Gasteiger partial charge < -0.3 is 10.1 Å². The first-order valence-electron chi connectivity index (χ1n) is 5.33. The third-order valence-corrected chi connectivity index (χ3v) is 3.99. The van der Waals surface area contributed by atoms with Crippen LogP contribution in [0.5, 0.6) is 0 Å². The number of hydrogen-bond acceptors (Lipinski definition) is 3. The molecular formula is C10H17NO2S. The molecule has 14 heavy (non-hydrogen) atoms. The van der Waals surface area contributed by atoms with Crippen LogP contribution in [0.4, 0.5) is 0 Å². The minimum atomic E-state index is 0.227. The minimum Gasteiger partial charge on any atom is -0.376 e. The van der Waals surface area contributed by atoms with Crippen LogP contribution in [0.2, 0.25) is 0 Å². The highest BCUT2D eigenvalue weighted by Crippen LogP contribution is 2.23. The fourth-order valence-corrected chi connectivity index (χ4v) is 3.13. The van der Waals surface area contributed by atoms with E-state index < -0.39 is 0 Å². The molecule has 0 aromatic heterocycles. The summed E-state index contributed by atoms with van der Waals surface area (Å²) in [6, 6.07) is 0. The van der Waals surface area contributed by atoms with Gasteiger partial charge in [-0.25, -0.2) is 0 Å². The molecule has 2 aliphatic rings. The van der Waals surface area contributed by atoms with Gasteiger partial charge in [-0.05, 0) is 25.0 Å². The van der Waals surface area contributed by atoms with Crippen molar-refractivity contribution in [2.75, 3.05) is 24.7 Å². The summed E-state index contributed by atoms with van der Waals surface area (Å²) in [6.45, 7) is 1.57. The number of nitrogens with one attached hydrogen (secondary N) is 1. The van der Waals surface area contributed by atoms with Crippen LogP contribution in [0.25, 0.3) is 0 Å². The number of amides is 1. The number of carbonyl (C=O) groups excluding carboxylic acids is 1. The zero-order valence-corrected chi connectivity index (χ0v) is 9.15. The Balaban J connectivity index is 1.66. The Morgan fingerprint density at radius 3 is 3.07 bits per heavy atom. The lowest BCUT2D eigenvalue weighted by Crippen LogP contribution is -2.36. The zero-order chi connectivity index (χ0) is 9.80. The highest BCUT2D eigenvalue weighted by Gasteiger charge is 2.24. The van der Waals surface area contributed by atoms with E-state index in [1.54, 1.807) is 0 Å². The molecule has 2 unspecified atom stereocenters. The van der Waals surface area contributed by atoms with Crippen molar-refractivity contribution in [2.24, 2.45) is 5.92 Å². The van der Waals surface area contributed by atoms with Crippen LogP contribution in [-0.2, 0) is 9.53 Å². The number of rotatable bonds is 3. The summed E-state index contributed by atoms with van der Waals surface area (Å²) in [5.74, 6) is 2.61. The van der Waals surface area contributed by atoms with E-state index in [-0.39, 0.29) is 17.9 Å². The molecule has 0 spiro atoms. The summed E-state index contributed by atoms with van der Waals surface area (Å²) in [5, 5.41) is 2.99. The SMILES string of the molecule is O=C(NCC1CCCO1)C1CCSC1. The molecule has 2 fully saturated rings. The Labute approximate surface area is 89.0 Å². The minimum absolute atomic E-state index is 0.227. The summed E-state index contributed by atoms with van der Waals surface area (Å²) < 4.78 is 5.45. The first-order chi connectivity index (χ1) is 6.86. The molecule has 2 heterocycles. The second-order valence-corrected chi connectivity index (χ2v) is 5.09. The van der Waals surface area contributed by atoms with Crippen molar-refractivity contribution in [1.82, 2.24) is 5.32 Å². The lowest BCUT2D eigenvalue weighted by atomic mass is 10.1. The van der Waals surface area contributed by atoms with E-state index in [0.29, 0.717) is 6.54 Å². The number of carbonyl (C=O) groups is 1. The topological polar surface area (TPSA) is 38.3 Å². The maximum atomic E-state index is 11.6. The lowest BCUT2D eigenvalue weighted by Gasteiger charge is -2.13. The van der Waals surface area contributed by atoms with Gasteiger partial charge in [0.2, 0.25) is 5.91 Å². The van der Waals surface area contributed by atoms with Crippen molar-refractivity contribution in [3.63, 3.8) is 0 Å². The van der Waals surface area contributed by atoms with E-state index in [1.165, 1.54) is 0 Å². The fourth-order valence-electron chi connectivity index (χ4n) is 1.91. The summed E-state index contributed by atoms with van der Waals surface area (Å²) >= 11 is 1.88. The molecule has 2 atom stereocenters. The van der Waals surface area contributed by atoms with Crippen molar-refractivity contribution in [1.29, 1.82) is 0 Å². The average molecular weight is 215 g/mol. The molecule has 0 bridgehead atoms. The predicted octanol–water partition coefficient (Wildman–Crippen LogP) is 1.03. The molecule has 3 nitrogen and oxygen atoms in total. The Kier molecular flexibility index (Phi) is 3.70. The van der Waals surface area contributed by atoms with Crippen LogP contribution in [0, 0.1) is 5.92 Å². The summed E-state index contributed by atoms with van der Waals surface area (Å²) in [7, 11) is 0. The van der Waals surface area contributed by atoms with Gasteiger partial charge in [0.15, 0.2) is 0 Å². The zero-order valence-electron chi connectivity index (χ0n) is 8.33. The van der Waals surface area contributed by atoms with Gasteiger partial charge in [-0.3, -0.25) is 4.79 Å². The third kappa shape index (κ3) is 2.64. The molecule has 0 radical (unpaired) electrons. The lowest BCUT2D eigenvalue weighted by molar-refractivity contribution is -0.124. The van der Waals surface area contributed by atoms with E-state index in [9.17, 15) is 4.79 Å². The molecule has 2 saturated heterocycles. The summed E-state index contributed by atoms with van der Waals surface area (Å²) in [6.07, 6.45) is 3.55. The van der Waals surface area contributed by atoms with E-state index >= 15 is 0 Å². The smallest absolute Gasteiger partial charge is 0.224 e. The molecule has 2 rings (SSSR count). The molecule has 1 amide bonds. The van der Waals surface area contributed by atoms with Crippen molar-refractivity contribution in [3.05, 3.63) is 0 Å². The Hall–Kier alpha value is -0.220. The van der Waals surface area contributed by atoms with Crippen LogP contribution in [-0.4, -0.2) is 36.7 Å². The molecular weight excluding hydrogens is 198 g/mol. The van der Waals surface area contributed by atoms with Crippen LogP contribution in [0.15, 0.2) is 0 Å². The maximum Gasteiger partial charge on any atom is 0.224 e. The molecule has 0 aromatic carbocycles. The van der Waals surface area contributed by atoms with Crippen LogP contribution < -0.4 is 5.32 Å². The molecule has 0 saturated carbocycles. The van der Waals surface area contributed by atoms with Crippen LogP contribution in [0.3, 0.4) is 0 Å². The third-order valence-electron chi connectivity index (χ3n) is 2.83. The van der Waals surface area contributed by atoms with Crippen molar-refractivity contribution in [2.45, 2.75) is 25.4 Å². The maximum absolute atomic E-state index is 11.6. The van der Waals surface area contributed by atoms with Crippen molar-refractivity contribution >= 4 is 17.7 Å². The molecule has 4 heteroatoms. The Morgan fingerprint density at radius 2 is 2.43 bits per heavy atom. The standard InChI is InChI=1S/C10H17NO2S/c12-10(8-3-5-14-7-8)11-6-9-2-1-4-13-9/h8-9H,1-7H2,(H,11,12). The van der Waals surface area contributed by atoms with Gasteiger partial charge in [0, 0.05) is 24.8 Å². The van der Waals surface area contributed by atoms with Crippen molar-refractivity contribution < 1.29 is 9.53 Å². The van der Waals surface area contributed by atoms with Crippen molar-refractivity contribution in [3.8, 4) is 0 Å². The monoisotopic (exact) mass is 215 g/mol. The van der Waals surface area contributed by atoms with E-state index in [2.05, 4.69) is 5.32 Å². The molecule has 80 valence electrons. The van der Waals surface area contributed by atoms with Gasteiger partial charge in [-0.15, -0.1) is 0 Å². The van der Waals surface area contributed by atoms with Gasteiger partial charge >= 0.3 is 0 Å². The first kappa shape index (κ1) is 10.3. The quantitative estimate of drug-likeness (QED) is 0.764. The highest BCUT2D eigenvalue weighted by molar-refractivity contribution is 7.99. The number of ether oxygens (including phenoxy) is 1. The highest BCUT2D eigenvalue weighted by atomic mass is 32.2. The van der Waals surface area contributed by atoms with Gasteiger partial charge in [-0.2, -0.15) is 11.8 Å². The molecule has 0 aromatic rings. The van der Waals surface area contributed by atoms with Crippen LogP contribution in [0.1, 0.15) is 19.3 Å². The van der Waals surface area contributed by atoms with E-state index in [0.717, 1.165) is 37.4 Å². The van der Waals surface area contributed by atoms with Gasteiger partial charge in [0.05, 0.1) is 6.10 Å². The van der Waals surface area contributed by atoms with Gasteiger partial charge in [0.25, 0.3) is 0 Å². The largest absolute Gasteiger partial charge is 0.376 e. The first-order valence-corrected chi connectivity index (χ1v) is 6.49. The van der Waals surface area contributed by atoms with Gasteiger partial charge in [0.1, 0.15) is 0 Å². The Morgan fingerprint density at radius 1 is 1.50 bits per heavy atom. The second kappa shape index (κ2) is 5.03. The summed E-state index contributed by atoms with van der Waals surface area (Å²) in [4.78, 5) is 11.6. The molecule has 0 aliphatic carbocycles. The Bertz CT molecular complexity index is 198. The second-order valence-electron chi connectivity index (χ2n) is 3.94. The van der Waals surface area contributed by atoms with Crippen LogP contribution >= 0.6 is 11.8 Å². The molecule has 2 aliphatic heterocycles. The van der Waals surface area contributed by atoms with E-state index in [4.69, 9.17) is 4.74 Å². The fraction of sp³-hybridized carbons (Fsp3) is 0.900. The van der Waals surface area contributed by atoms with E-state index in [1.807, 2.05) is 11.8 Å². The normalized spacial score (nSPS) is 32.0. The average Bonchev–Trinajstić information content (AvgIpc) is 2.87. The summed E-state index contributed by atoms with van der Waals surface area (Å²) in [5.41, 5.74) is 0. The van der Waals surface area contributed by atoms with Gasteiger partial charge in [-0.1, -0.05) is 0 Å².